The maximum Gasteiger partial charge on any atom is 0.343 e. The Kier molecular flexibility index (Phi) is 8.01. The number of nitrogens with one attached hydrogen (secondary N) is 1. The van der Waals surface area contributed by atoms with Gasteiger partial charge in [0.05, 0.1) is 40.2 Å². The number of rotatable bonds is 9. The summed E-state index contributed by atoms with van der Waals surface area (Å²) in [7, 11) is 5.82. The number of esters is 1. The fourth-order valence-corrected chi connectivity index (χ4v) is 2.94. The van der Waals surface area contributed by atoms with E-state index in [0.29, 0.717) is 34.1 Å². The molecule has 3 aromatic rings. The van der Waals surface area contributed by atoms with Gasteiger partial charge in [-0.1, -0.05) is 0 Å². The number of amides is 1. The normalized spacial score (nSPS) is 10.5. The predicted molar refractivity (Wildman–Crippen MR) is 123 cm³/mol. The summed E-state index contributed by atoms with van der Waals surface area (Å²) in [6, 6.07) is 10.9. The van der Waals surface area contributed by atoms with Crippen LogP contribution in [0.3, 0.4) is 0 Å². The van der Waals surface area contributed by atoms with Crippen molar-refractivity contribution in [2.45, 2.75) is 0 Å². The number of pyridine rings is 1. The van der Waals surface area contributed by atoms with Crippen LogP contribution in [0.5, 0.6) is 28.7 Å². The van der Waals surface area contributed by atoms with Crippen molar-refractivity contribution in [3.63, 3.8) is 0 Å². The van der Waals surface area contributed by atoms with Crippen molar-refractivity contribution in [1.82, 2.24) is 10.4 Å². The Morgan fingerprint density at radius 1 is 0.794 bits per heavy atom. The van der Waals surface area contributed by atoms with Crippen molar-refractivity contribution in [2.75, 3.05) is 28.4 Å². The smallest absolute Gasteiger partial charge is 0.343 e. The summed E-state index contributed by atoms with van der Waals surface area (Å²) in [5.41, 5.74) is 3.66. The molecule has 0 aliphatic carbocycles. The zero-order chi connectivity index (χ0) is 24.5. The summed E-state index contributed by atoms with van der Waals surface area (Å²) in [6.45, 7) is 0. The summed E-state index contributed by atoms with van der Waals surface area (Å²) >= 11 is 0. The van der Waals surface area contributed by atoms with E-state index in [-0.39, 0.29) is 17.2 Å². The van der Waals surface area contributed by atoms with Crippen molar-refractivity contribution in [2.24, 2.45) is 5.10 Å². The van der Waals surface area contributed by atoms with Crippen molar-refractivity contribution in [3.8, 4) is 28.7 Å². The molecule has 0 bridgehead atoms. The molecule has 176 valence electrons. The number of carbonyl (C=O) groups is 2. The van der Waals surface area contributed by atoms with E-state index in [1.54, 1.807) is 30.3 Å². The maximum absolute atomic E-state index is 12.8. The quantitative estimate of drug-likeness (QED) is 0.222. The Morgan fingerprint density at radius 3 is 2.03 bits per heavy atom. The number of methoxy groups -OCH3 is 4. The van der Waals surface area contributed by atoms with Gasteiger partial charge in [-0.2, -0.15) is 5.10 Å². The summed E-state index contributed by atoms with van der Waals surface area (Å²) in [5, 5.41) is 3.94. The number of nitrogens with zero attached hydrogens (tertiary/aromatic N) is 2. The van der Waals surface area contributed by atoms with E-state index in [4.69, 9.17) is 23.7 Å². The summed E-state index contributed by atoms with van der Waals surface area (Å²) in [4.78, 5) is 28.7. The largest absolute Gasteiger partial charge is 0.493 e. The molecule has 0 saturated heterocycles. The van der Waals surface area contributed by atoms with Gasteiger partial charge in [0.1, 0.15) is 0 Å². The van der Waals surface area contributed by atoms with Crippen LogP contribution in [0.1, 0.15) is 26.3 Å². The van der Waals surface area contributed by atoms with E-state index in [1.165, 1.54) is 59.2 Å². The number of hydrazone groups is 1. The average molecular weight is 465 g/mol. The molecule has 0 saturated carbocycles. The highest BCUT2D eigenvalue weighted by Crippen LogP contribution is 2.38. The Balaban J connectivity index is 1.75. The van der Waals surface area contributed by atoms with Gasteiger partial charge in [0.25, 0.3) is 5.91 Å². The number of hydrogen-bond acceptors (Lipinski definition) is 9. The molecule has 34 heavy (non-hydrogen) atoms. The number of carbonyl (C=O) groups excluding carboxylic acids is 2. The summed E-state index contributed by atoms with van der Waals surface area (Å²) in [5.74, 6) is 0.468. The molecule has 1 amide bonds. The lowest BCUT2D eigenvalue weighted by Crippen LogP contribution is -2.17. The molecule has 0 radical (unpaired) electrons. The van der Waals surface area contributed by atoms with Crippen LogP contribution in [0.4, 0.5) is 0 Å². The molecule has 0 atom stereocenters. The predicted octanol–water partition coefficient (Wildman–Crippen LogP) is 3.10. The minimum absolute atomic E-state index is 0.194. The van der Waals surface area contributed by atoms with Crippen molar-refractivity contribution >= 4 is 18.1 Å². The first-order valence-corrected chi connectivity index (χ1v) is 9.94. The Hall–Kier alpha value is -4.60. The van der Waals surface area contributed by atoms with Crippen LogP contribution in [-0.4, -0.2) is 51.5 Å². The van der Waals surface area contributed by atoms with Crippen molar-refractivity contribution in [3.05, 3.63) is 71.5 Å². The molecule has 0 aliphatic rings. The minimum atomic E-state index is -0.649. The van der Waals surface area contributed by atoms with Gasteiger partial charge >= 0.3 is 5.97 Å². The monoisotopic (exact) mass is 465 g/mol. The third-order valence-electron chi connectivity index (χ3n) is 4.61. The zero-order valence-corrected chi connectivity index (χ0v) is 19.0. The van der Waals surface area contributed by atoms with E-state index in [2.05, 4.69) is 15.5 Å². The SMILES string of the molecule is COc1cc(C=NNC(=O)c2ccncc2)ccc1OC(=O)c1cc(OC)c(OC)c(OC)c1. The third kappa shape index (κ3) is 5.60. The topological polar surface area (TPSA) is 118 Å². The third-order valence-corrected chi connectivity index (χ3v) is 4.61. The summed E-state index contributed by atoms with van der Waals surface area (Å²) < 4.78 is 26.7. The standard InChI is InChI=1S/C24H23N3O7/c1-30-19-11-15(14-26-27-23(28)16-7-9-25-10-8-16)5-6-18(19)34-24(29)17-12-20(31-2)22(33-4)21(13-17)32-3/h5-14H,1-4H3,(H,27,28). The van der Waals surface area contributed by atoms with E-state index < -0.39 is 5.97 Å². The zero-order valence-electron chi connectivity index (χ0n) is 19.0. The second kappa shape index (κ2) is 11.3. The number of aromatic nitrogens is 1. The van der Waals surface area contributed by atoms with Crippen LogP contribution in [0, 0.1) is 0 Å². The first kappa shape index (κ1) is 24.1. The van der Waals surface area contributed by atoms with Crippen LogP contribution >= 0.6 is 0 Å². The molecule has 3 rings (SSSR count). The van der Waals surface area contributed by atoms with Gasteiger partial charge in [0.15, 0.2) is 23.0 Å². The molecule has 10 nitrogen and oxygen atoms in total. The first-order chi connectivity index (χ1) is 16.5. The highest BCUT2D eigenvalue weighted by atomic mass is 16.6. The molecule has 0 fully saturated rings. The van der Waals surface area contributed by atoms with Gasteiger partial charge in [-0.05, 0) is 48.0 Å². The molecule has 1 heterocycles. The van der Waals surface area contributed by atoms with Gasteiger partial charge in [0, 0.05) is 18.0 Å². The fraction of sp³-hybridized carbons (Fsp3) is 0.167. The molecule has 0 unspecified atom stereocenters. The molecular formula is C24H23N3O7. The minimum Gasteiger partial charge on any atom is -0.493 e. The summed E-state index contributed by atoms with van der Waals surface area (Å²) in [6.07, 6.45) is 4.47. The van der Waals surface area contributed by atoms with Crippen molar-refractivity contribution < 1.29 is 33.3 Å². The molecule has 1 aromatic heterocycles. The maximum atomic E-state index is 12.8. The fourth-order valence-electron chi connectivity index (χ4n) is 2.94. The number of hydrogen-bond donors (Lipinski definition) is 1. The molecular weight excluding hydrogens is 442 g/mol. The lowest BCUT2D eigenvalue weighted by Gasteiger charge is -2.14. The van der Waals surface area contributed by atoms with Crippen LogP contribution < -0.4 is 29.1 Å². The second-order valence-corrected chi connectivity index (χ2v) is 6.65. The van der Waals surface area contributed by atoms with Crippen LogP contribution in [0.15, 0.2) is 60.0 Å². The van der Waals surface area contributed by atoms with E-state index in [0.717, 1.165) is 0 Å². The van der Waals surface area contributed by atoms with Gasteiger partial charge in [-0.3, -0.25) is 9.78 Å². The van der Waals surface area contributed by atoms with Crippen molar-refractivity contribution in [1.29, 1.82) is 0 Å². The Bertz CT molecular complexity index is 1170. The molecule has 10 heteroatoms. The van der Waals surface area contributed by atoms with Gasteiger partial charge in [-0.25, -0.2) is 10.2 Å². The first-order valence-electron chi connectivity index (χ1n) is 9.94. The van der Waals surface area contributed by atoms with Crippen LogP contribution in [0.25, 0.3) is 0 Å². The molecule has 0 aliphatic heterocycles. The molecule has 0 spiro atoms. The van der Waals surface area contributed by atoms with Crippen LogP contribution in [-0.2, 0) is 0 Å². The van der Waals surface area contributed by atoms with E-state index in [1.807, 2.05) is 0 Å². The number of ether oxygens (including phenoxy) is 5. The van der Waals surface area contributed by atoms with Gasteiger partial charge < -0.3 is 23.7 Å². The highest BCUT2D eigenvalue weighted by Gasteiger charge is 2.19. The van der Waals surface area contributed by atoms with E-state index >= 15 is 0 Å². The van der Waals surface area contributed by atoms with Gasteiger partial charge in [0.2, 0.25) is 5.75 Å². The van der Waals surface area contributed by atoms with Gasteiger partial charge in [-0.15, -0.1) is 0 Å². The Labute approximate surface area is 196 Å². The Morgan fingerprint density at radius 2 is 1.44 bits per heavy atom. The van der Waals surface area contributed by atoms with Crippen LogP contribution in [0.2, 0.25) is 0 Å². The van der Waals surface area contributed by atoms with E-state index in [9.17, 15) is 9.59 Å². The molecule has 1 N–H and O–H groups in total. The second-order valence-electron chi connectivity index (χ2n) is 6.65. The lowest BCUT2D eigenvalue weighted by atomic mass is 10.1. The number of benzene rings is 2. The molecule has 2 aromatic carbocycles. The lowest BCUT2D eigenvalue weighted by molar-refractivity contribution is 0.0728. The average Bonchev–Trinajstić information content (AvgIpc) is 2.88. The highest BCUT2D eigenvalue weighted by molar-refractivity contribution is 5.95.